The van der Waals surface area contributed by atoms with Crippen molar-refractivity contribution in [2.75, 3.05) is 26.7 Å². The molecule has 0 unspecified atom stereocenters. The fourth-order valence-corrected chi connectivity index (χ4v) is 3.71. The summed E-state index contributed by atoms with van der Waals surface area (Å²) in [6, 6.07) is 0.331. The van der Waals surface area contributed by atoms with Gasteiger partial charge < -0.3 is 14.5 Å². The number of carbonyl (C=O) groups is 1. The Labute approximate surface area is 136 Å². The van der Waals surface area contributed by atoms with Crippen molar-refractivity contribution < 1.29 is 9.53 Å². The molecule has 0 spiro atoms. The van der Waals surface area contributed by atoms with E-state index in [-0.39, 0.29) is 6.09 Å². The van der Waals surface area contributed by atoms with Gasteiger partial charge in [0.15, 0.2) is 0 Å². The van der Waals surface area contributed by atoms with Gasteiger partial charge in [0.1, 0.15) is 5.60 Å². The van der Waals surface area contributed by atoms with Crippen LogP contribution in [0, 0.1) is 5.92 Å². The minimum atomic E-state index is -0.410. The van der Waals surface area contributed by atoms with Crippen LogP contribution in [0.5, 0.6) is 0 Å². The summed E-state index contributed by atoms with van der Waals surface area (Å²) in [5.41, 5.74) is -0.410. The lowest BCUT2D eigenvalue weighted by atomic mass is 9.88. The highest BCUT2D eigenvalue weighted by molar-refractivity contribution is 5.68. The predicted octanol–water partition coefficient (Wildman–Crippen LogP) is 3.90. The fourth-order valence-electron chi connectivity index (χ4n) is 3.71. The maximum atomic E-state index is 12.1. The minimum Gasteiger partial charge on any atom is -0.444 e. The number of rotatable bonds is 3. The Bertz CT molecular complexity index is 351. The minimum absolute atomic E-state index is 0.182. The van der Waals surface area contributed by atoms with Crippen molar-refractivity contribution in [2.24, 2.45) is 5.92 Å². The maximum Gasteiger partial charge on any atom is 0.410 e. The van der Waals surface area contributed by atoms with Gasteiger partial charge in [-0.3, -0.25) is 0 Å². The van der Waals surface area contributed by atoms with Gasteiger partial charge in [-0.15, -0.1) is 0 Å². The molecule has 2 aliphatic rings. The maximum absolute atomic E-state index is 12.1. The van der Waals surface area contributed by atoms with Crippen LogP contribution in [-0.4, -0.2) is 54.2 Å². The molecular formula is C18H34N2O2. The van der Waals surface area contributed by atoms with E-state index in [2.05, 4.69) is 4.90 Å². The zero-order valence-electron chi connectivity index (χ0n) is 14.9. The number of nitrogens with zero attached hydrogens (tertiary/aromatic N) is 2. The van der Waals surface area contributed by atoms with Crippen molar-refractivity contribution in [3.05, 3.63) is 0 Å². The topological polar surface area (TPSA) is 32.8 Å². The average Bonchev–Trinajstić information content (AvgIpc) is 2.46. The van der Waals surface area contributed by atoms with Crippen molar-refractivity contribution >= 4 is 6.09 Å². The molecule has 0 radical (unpaired) electrons. The number of hydrogen-bond donors (Lipinski definition) is 0. The first kappa shape index (κ1) is 17.6. The van der Waals surface area contributed by atoms with E-state index in [9.17, 15) is 4.79 Å². The number of piperidine rings is 1. The molecule has 1 amide bonds. The van der Waals surface area contributed by atoms with Gasteiger partial charge in [-0.2, -0.15) is 0 Å². The van der Waals surface area contributed by atoms with Gasteiger partial charge in [0, 0.05) is 32.7 Å². The monoisotopic (exact) mass is 310 g/mol. The summed E-state index contributed by atoms with van der Waals surface area (Å²) in [4.78, 5) is 16.6. The van der Waals surface area contributed by atoms with E-state index in [0.717, 1.165) is 31.8 Å². The molecule has 0 aromatic carbocycles. The van der Waals surface area contributed by atoms with Crippen LogP contribution < -0.4 is 0 Å². The van der Waals surface area contributed by atoms with Gasteiger partial charge in [0.05, 0.1) is 0 Å². The van der Waals surface area contributed by atoms with Gasteiger partial charge in [0.2, 0.25) is 0 Å². The molecule has 128 valence electrons. The summed E-state index contributed by atoms with van der Waals surface area (Å²) >= 11 is 0. The highest BCUT2D eigenvalue weighted by Crippen LogP contribution is 2.26. The Morgan fingerprint density at radius 2 is 1.68 bits per heavy atom. The SMILES string of the molecule is CN(C(=O)OC(C)(C)C)C1CCN(CC2CCCCC2)CC1. The van der Waals surface area contributed by atoms with E-state index >= 15 is 0 Å². The van der Waals surface area contributed by atoms with Gasteiger partial charge in [-0.25, -0.2) is 4.79 Å². The second-order valence-electron chi connectivity index (χ2n) is 8.13. The van der Waals surface area contributed by atoms with Crippen LogP contribution in [0.4, 0.5) is 4.79 Å². The number of hydrogen-bond acceptors (Lipinski definition) is 3. The van der Waals surface area contributed by atoms with Crippen molar-refractivity contribution in [3.63, 3.8) is 0 Å². The van der Waals surface area contributed by atoms with Crippen LogP contribution in [0.2, 0.25) is 0 Å². The molecule has 1 aliphatic heterocycles. The van der Waals surface area contributed by atoms with Gasteiger partial charge in [0.25, 0.3) is 0 Å². The molecule has 0 atom stereocenters. The third-order valence-corrected chi connectivity index (χ3v) is 5.03. The smallest absolute Gasteiger partial charge is 0.410 e. The van der Waals surface area contributed by atoms with Crippen molar-refractivity contribution in [1.29, 1.82) is 0 Å². The van der Waals surface area contributed by atoms with Crippen molar-refractivity contribution in [3.8, 4) is 0 Å². The molecule has 4 heteroatoms. The third kappa shape index (κ3) is 5.45. The quantitative estimate of drug-likeness (QED) is 0.792. The van der Waals surface area contributed by atoms with E-state index in [1.165, 1.54) is 38.6 Å². The van der Waals surface area contributed by atoms with Crippen LogP contribution >= 0.6 is 0 Å². The first-order valence-corrected chi connectivity index (χ1v) is 9.03. The molecule has 0 bridgehead atoms. The first-order chi connectivity index (χ1) is 10.3. The zero-order valence-corrected chi connectivity index (χ0v) is 14.9. The highest BCUT2D eigenvalue weighted by Gasteiger charge is 2.29. The van der Waals surface area contributed by atoms with E-state index in [1.54, 1.807) is 0 Å². The van der Waals surface area contributed by atoms with Crippen LogP contribution in [0.25, 0.3) is 0 Å². The summed E-state index contributed by atoms with van der Waals surface area (Å²) in [7, 11) is 1.88. The molecular weight excluding hydrogens is 276 g/mol. The molecule has 1 aliphatic carbocycles. The molecule has 22 heavy (non-hydrogen) atoms. The standard InChI is InChI=1S/C18H34N2O2/c1-18(2,3)22-17(21)19(4)16-10-12-20(13-11-16)14-15-8-6-5-7-9-15/h15-16H,5-14H2,1-4H3. The number of likely N-dealkylation sites (tertiary alicyclic amines) is 1. The summed E-state index contributed by atoms with van der Waals surface area (Å²) in [5.74, 6) is 0.911. The fraction of sp³-hybridized carbons (Fsp3) is 0.944. The molecule has 1 saturated heterocycles. The Morgan fingerprint density at radius 3 is 2.23 bits per heavy atom. The van der Waals surface area contributed by atoms with E-state index in [4.69, 9.17) is 4.74 Å². The Kier molecular flexibility index (Phi) is 6.13. The van der Waals surface area contributed by atoms with E-state index in [1.807, 2.05) is 32.7 Å². The van der Waals surface area contributed by atoms with E-state index < -0.39 is 5.60 Å². The lowest BCUT2D eigenvalue weighted by Gasteiger charge is -2.38. The Hall–Kier alpha value is -0.770. The van der Waals surface area contributed by atoms with Crippen LogP contribution in [0.1, 0.15) is 65.7 Å². The third-order valence-electron chi connectivity index (χ3n) is 5.03. The van der Waals surface area contributed by atoms with Gasteiger partial charge in [-0.1, -0.05) is 19.3 Å². The van der Waals surface area contributed by atoms with E-state index in [0.29, 0.717) is 6.04 Å². The first-order valence-electron chi connectivity index (χ1n) is 9.03. The van der Waals surface area contributed by atoms with Crippen LogP contribution in [0.3, 0.4) is 0 Å². The Balaban J connectivity index is 1.72. The second kappa shape index (κ2) is 7.67. The van der Waals surface area contributed by atoms with Crippen LogP contribution in [-0.2, 0) is 4.74 Å². The second-order valence-corrected chi connectivity index (χ2v) is 8.13. The zero-order chi connectivity index (χ0) is 16.2. The highest BCUT2D eigenvalue weighted by atomic mass is 16.6. The molecule has 0 aromatic rings. The number of amides is 1. The average molecular weight is 310 g/mol. The summed E-state index contributed by atoms with van der Waals surface area (Å²) in [6.07, 6.45) is 9.06. The van der Waals surface area contributed by atoms with Crippen molar-refractivity contribution in [1.82, 2.24) is 9.80 Å². The molecule has 0 aromatic heterocycles. The number of ether oxygens (including phenoxy) is 1. The number of carbonyl (C=O) groups excluding carboxylic acids is 1. The van der Waals surface area contributed by atoms with Crippen LogP contribution in [0.15, 0.2) is 0 Å². The van der Waals surface area contributed by atoms with Crippen molar-refractivity contribution in [2.45, 2.75) is 77.4 Å². The summed E-state index contributed by atoms with van der Waals surface area (Å²) < 4.78 is 5.47. The van der Waals surface area contributed by atoms with Gasteiger partial charge in [-0.05, 0) is 52.4 Å². The normalized spacial score (nSPS) is 22.5. The summed E-state index contributed by atoms with van der Waals surface area (Å²) in [5, 5.41) is 0. The predicted molar refractivity (Wildman–Crippen MR) is 90.0 cm³/mol. The summed E-state index contributed by atoms with van der Waals surface area (Å²) in [6.45, 7) is 9.27. The molecule has 0 N–H and O–H groups in total. The molecule has 1 saturated carbocycles. The molecule has 2 fully saturated rings. The molecule has 1 heterocycles. The van der Waals surface area contributed by atoms with Gasteiger partial charge >= 0.3 is 6.09 Å². The largest absolute Gasteiger partial charge is 0.444 e. The lowest BCUT2D eigenvalue weighted by molar-refractivity contribution is 0.0143. The lowest BCUT2D eigenvalue weighted by Crippen LogP contribution is -2.47. The Morgan fingerprint density at radius 1 is 1.09 bits per heavy atom. The molecule has 4 nitrogen and oxygen atoms in total. The molecule has 2 rings (SSSR count).